The molecule has 1 amide bonds. The van der Waals surface area contributed by atoms with Crippen LogP contribution < -0.4 is 5.32 Å². The van der Waals surface area contributed by atoms with Gasteiger partial charge in [0.05, 0.1) is 4.92 Å². The molecule has 2 aromatic carbocycles. The molecule has 0 saturated carbocycles. The molecule has 0 spiro atoms. The summed E-state index contributed by atoms with van der Waals surface area (Å²) in [5, 5.41) is 13.7. The number of nitrogens with one attached hydrogen (secondary N) is 1. The molecule has 0 heterocycles. The predicted octanol–water partition coefficient (Wildman–Crippen LogP) is 3.95. The van der Waals surface area contributed by atoms with E-state index >= 15 is 0 Å². The van der Waals surface area contributed by atoms with Gasteiger partial charge < -0.3 is 5.32 Å². The maximum absolute atomic E-state index is 13.0. The Morgan fingerprint density at radius 3 is 2.62 bits per heavy atom. The Morgan fingerprint density at radius 2 is 2.00 bits per heavy atom. The fraction of sp³-hybridized carbons (Fsp3) is 0.0714. The summed E-state index contributed by atoms with van der Waals surface area (Å²) in [6.45, 7) is 1.62. The van der Waals surface area contributed by atoms with Crippen LogP contribution in [0, 0.1) is 22.9 Å². The molecule has 0 atom stereocenters. The number of hydrogen-bond donors (Lipinski definition) is 1. The van der Waals surface area contributed by atoms with Crippen LogP contribution >= 0.6 is 11.6 Å². The number of amides is 1. The van der Waals surface area contributed by atoms with Crippen molar-refractivity contribution in [2.75, 3.05) is 5.32 Å². The third-order valence-corrected chi connectivity index (χ3v) is 3.07. The molecule has 0 aliphatic heterocycles. The van der Waals surface area contributed by atoms with Crippen molar-refractivity contribution >= 4 is 28.9 Å². The molecular weight excluding hydrogens is 299 g/mol. The van der Waals surface area contributed by atoms with E-state index in [4.69, 9.17) is 11.6 Å². The van der Waals surface area contributed by atoms with Gasteiger partial charge in [0, 0.05) is 16.8 Å². The lowest BCUT2D eigenvalue weighted by molar-refractivity contribution is -0.385. The van der Waals surface area contributed by atoms with Crippen molar-refractivity contribution in [3.8, 4) is 0 Å². The molecule has 2 rings (SSSR count). The zero-order valence-electron chi connectivity index (χ0n) is 10.9. The van der Waals surface area contributed by atoms with Crippen molar-refractivity contribution in [3.05, 3.63) is 68.5 Å². The molecule has 1 N–H and O–H groups in total. The lowest BCUT2D eigenvalue weighted by Crippen LogP contribution is -2.14. The molecular formula is C14H10ClFN2O3. The molecule has 0 saturated heterocycles. The van der Waals surface area contributed by atoms with Crippen molar-refractivity contribution in [2.45, 2.75) is 6.92 Å². The van der Waals surface area contributed by atoms with Crippen LogP contribution in [0.5, 0.6) is 0 Å². The predicted molar refractivity (Wildman–Crippen MR) is 77.2 cm³/mol. The normalized spacial score (nSPS) is 10.2. The van der Waals surface area contributed by atoms with E-state index in [1.54, 1.807) is 6.92 Å². The van der Waals surface area contributed by atoms with Crippen molar-refractivity contribution in [3.63, 3.8) is 0 Å². The smallest absolute Gasteiger partial charge is 0.282 e. The molecule has 5 nitrogen and oxygen atoms in total. The highest BCUT2D eigenvalue weighted by Crippen LogP contribution is 2.24. The van der Waals surface area contributed by atoms with Gasteiger partial charge in [0.1, 0.15) is 11.4 Å². The third kappa shape index (κ3) is 3.35. The number of nitro groups is 1. The Labute approximate surface area is 124 Å². The van der Waals surface area contributed by atoms with E-state index in [1.807, 2.05) is 0 Å². The first kappa shape index (κ1) is 14.9. The standard InChI is InChI=1S/C14H10ClFN2O3/c1-8-6-10(16)3-4-12(8)17-14(19)11-7-9(15)2-5-13(11)18(20)21/h2-7H,1H3,(H,17,19). The molecule has 21 heavy (non-hydrogen) atoms. The van der Waals surface area contributed by atoms with Gasteiger partial charge >= 0.3 is 0 Å². The highest BCUT2D eigenvalue weighted by Gasteiger charge is 2.21. The van der Waals surface area contributed by atoms with Crippen molar-refractivity contribution < 1.29 is 14.1 Å². The Bertz CT molecular complexity index is 734. The lowest BCUT2D eigenvalue weighted by Gasteiger charge is -2.09. The number of anilines is 1. The molecule has 108 valence electrons. The summed E-state index contributed by atoms with van der Waals surface area (Å²) in [5.74, 6) is -1.11. The fourth-order valence-corrected chi connectivity index (χ4v) is 1.98. The molecule has 0 aliphatic carbocycles. The minimum Gasteiger partial charge on any atom is -0.322 e. The van der Waals surface area contributed by atoms with E-state index < -0.39 is 16.6 Å². The molecule has 0 radical (unpaired) electrons. The number of aryl methyl sites for hydroxylation is 1. The largest absolute Gasteiger partial charge is 0.322 e. The van der Waals surface area contributed by atoms with Crippen molar-refractivity contribution in [1.82, 2.24) is 0 Å². The number of hydrogen-bond acceptors (Lipinski definition) is 3. The van der Waals surface area contributed by atoms with E-state index in [9.17, 15) is 19.3 Å². The molecule has 0 bridgehead atoms. The van der Waals surface area contributed by atoms with Gasteiger partial charge in [0.2, 0.25) is 0 Å². The van der Waals surface area contributed by atoms with Crippen LogP contribution in [0.2, 0.25) is 5.02 Å². The van der Waals surface area contributed by atoms with Gasteiger partial charge in [0.25, 0.3) is 11.6 Å². The zero-order valence-corrected chi connectivity index (χ0v) is 11.6. The SMILES string of the molecule is Cc1cc(F)ccc1NC(=O)c1cc(Cl)ccc1[N+](=O)[O-]. The van der Waals surface area contributed by atoms with E-state index in [1.165, 1.54) is 30.3 Å². The summed E-state index contributed by atoms with van der Waals surface area (Å²) in [5.41, 5.74) is 0.372. The number of benzene rings is 2. The average Bonchev–Trinajstić information content (AvgIpc) is 2.41. The molecule has 0 aliphatic rings. The summed E-state index contributed by atoms with van der Waals surface area (Å²) in [6.07, 6.45) is 0. The summed E-state index contributed by atoms with van der Waals surface area (Å²) in [6, 6.07) is 7.54. The first-order chi connectivity index (χ1) is 9.88. The van der Waals surface area contributed by atoms with E-state index in [2.05, 4.69) is 5.32 Å². The Hall–Kier alpha value is -2.47. The van der Waals surface area contributed by atoms with Gasteiger partial charge in [-0.25, -0.2) is 4.39 Å². The number of rotatable bonds is 3. The second-order valence-corrected chi connectivity index (χ2v) is 4.77. The lowest BCUT2D eigenvalue weighted by atomic mass is 10.1. The van der Waals surface area contributed by atoms with Crippen LogP contribution in [0.15, 0.2) is 36.4 Å². The first-order valence-corrected chi connectivity index (χ1v) is 6.27. The van der Waals surface area contributed by atoms with E-state index in [-0.39, 0.29) is 16.3 Å². The molecule has 0 aromatic heterocycles. The second kappa shape index (κ2) is 5.88. The molecule has 0 unspecified atom stereocenters. The van der Waals surface area contributed by atoms with Gasteiger partial charge in [-0.15, -0.1) is 0 Å². The van der Waals surface area contributed by atoms with Gasteiger partial charge in [-0.05, 0) is 42.8 Å². The quantitative estimate of drug-likeness (QED) is 0.689. The van der Waals surface area contributed by atoms with Gasteiger partial charge in [-0.3, -0.25) is 14.9 Å². The molecule has 2 aromatic rings. The van der Waals surface area contributed by atoms with E-state index in [0.717, 1.165) is 6.07 Å². The van der Waals surface area contributed by atoms with Crippen LogP contribution in [-0.4, -0.2) is 10.8 Å². The minimum absolute atomic E-state index is 0.156. The zero-order chi connectivity index (χ0) is 15.6. The summed E-state index contributed by atoms with van der Waals surface area (Å²) < 4.78 is 13.0. The highest BCUT2D eigenvalue weighted by molar-refractivity contribution is 6.31. The summed E-state index contributed by atoms with van der Waals surface area (Å²) in [7, 11) is 0. The number of halogens is 2. The van der Waals surface area contributed by atoms with E-state index in [0.29, 0.717) is 11.3 Å². The fourth-order valence-electron chi connectivity index (χ4n) is 1.81. The Morgan fingerprint density at radius 1 is 1.29 bits per heavy atom. The van der Waals surface area contributed by atoms with Crippen LogP contribution in [0.1, 0.15) is 15.9 Å². The average molecular weight is 309 g/mol. The van der Waals surface area contributed by atoms with Gasteiger partial charge in [-0.2, -0.15) is 0 Å². The second-order valence-electron chi connectivity index (χ2n) is 4.33. The van der Waals surface area contributed by atoms with Crippen LogP contribution in [-0.2, 0) is 0 Å². The molecule has 0 fully saturated rings. The Balaban J connectivity index is 2.36. The minimum atomic E-state index is -0.682. The van der Waals surface area contributed by atoms with Gasteiger partial charge in [-0.1, -0.05) is 11.6 Å². The maximum Gasteiger partial charge on any atom is 0.282 e. The topological polar surface area (TPSA) is 72.2 Å². The highest BCUT2D eigenvalue weighted by atomic mass is 35.5. The Kier molecular flexibility index (Phi) is 4.18. The van der Waals surface area contributed by atoms with Crippen LogP contribution in [0.4, 0.5) is 15.8 Å². The number of nitrogens with zero attached hydrogens (tertiary/aromatic N) is 1. The number of carbonyl (C=O) groups is 1. The van der Waals surface area contributed by atoms with Crippen molar-refractivity contribution in [2.24, 2.45) is 0 Å². The molecule has 7 heteroatoms. The maximum atomic E-state index is 13.0. The van der Waals surface area contributed by atoms with Crippen LogP contribution in [0.25, 0.3) is 0 Å². The summed E-state index contributed by atoms with van der Waals surface area (Å²) in [4.78, 5) is 22.4. The van der Waals surface area contributed by atoms with Crippen LogP contribution in [0.3, 0.4) is 0 Å². The van der Waals surface area contributed by atoms with Crippen molar-refractivity contribution in [1.29, 1.82) is 0 Å². The summed E-state index contributed by atoms with van der Waals surface area (Å²) >= 11 is 5.77. The monoisotopic (exact) mass is 308 g/mol. The number of nitro benzene ring substituents is 1. The van der Waals surface area contributed by atoms with Gasteiger partial charge in [0.15, 0.2) is 0 Å². The first-order valence-electron chi connectivity index (χ1n) is 5.90. The third-order valence-electron chi connectivity index (χ3n) is 2.84. The number of carbonyl (C=O) groups excluding carboxylic acids is 1.